The molecule has 0 aliphatic carbocycles. The number of carbonyl (C=O) groups excluding carboxylic acids is 2. The second kappa shape index (κ2) is 7.46. The highest BCUT2D eigenvalue weighted by atomic mass is 16.6. The van der Waals surface area contributed by atoms with Crippen LogP contribution < -0.4 is 9.47 Å². The molecule has 4 heterocycles. The molecule has 2 unspecified atom stereocenters. The van der Waals surface area contributed by atoms with Gasteiger partial charge in [-0.3, -0.25) is 9.59 Å². The van der Waals surface area contributed by atoms with Crippen molar-refractivity contribution in [3.63, 3.8) is 0 Å². The van der Waals surface area contributed by atoms with Gasteiger partial charge >= 0.3 is 0 Å². The molecule has 0 saturated carbocycles. The number of benzene rings is 1. The minimum Gasteiger partial charge on any atom is -0.486 e. The molecule has 152 valence electrons. The third-order valence-electron chi connectivity index (χ3n) is 5.98. The van der Waals surface area contributed by atoms with Crippen LogP contribution in [0.4, 0.5) is 0 Å². The van der Waals surface area contributed by atoms with Crippen molar-refractivity contribution < 1.29 is 23.5 Å². The van der Waals surface area contributed by atoms with E-state index in [-0.39, 0.29) is 30.2 Å². The second-order valence-corrected chi connectivity index (χ2v) is 7.85. The van der Waals surface area contributed by atoms with Crippen molar-refractivity contribution >= 4 is 11.8 Å². The lowest BCUT2D eigenvalue weighted by Crippen LogP contribution is -2.37. The fourth-order valence-corrected chi connectivity index (χ4v) is 4.56. The number of nitrogens with zero attached hydrogens (tertiary/aromatic N) is 2. The summed E-state index contributed by atoms with van der Waals surface area (Å²) in [7, 11) is 0. The van der Waals surface area contributed by atoms with E-state index in [1.807, 2.05) is 29.2 Å². The third kappa shape index (κ3) is 3.45. The van der Waals surface area contributed by atoms with E-state index in [2.05, 4.69) is 0 Å². The average Bonchev–Trinajstić information content (AvgIpc) is 3.49. The Morgan fingerprint density at radius 3 is 2.83 bits per heavy atom. The first-order valence-electron chi connectivity index (χ1n) is 10.2. The monoisotopic (exact) mass is 396 g/mol. The number of fused-ring (bicyclic) bond motifs is 1. The third-order valence-corrected chi connectivity index (χ3v) is 5.98. The molecule has 29 heavy (non-hydrogen) atoms. The number of amides is 2. The van der Waals surface area contributed by atoms with Gasteiger partial charge < -0.3 is 23.7 Å². The molecule has 0 spiro atoms. The summed E-state index contributed by atoms with van der Waals surface area (Å²) in [6.45, 7) is 2.69. The molecule has 2 aromatic rings. The van der Waals surface area contributed by atoms with Crippen LogP contribution in [0.2, 0.25) is 0 Å². The molecule has 7 heteroatoms. The fourth-order valence-electron chi connectivity index (χ4n) is 4.56. The number of hydrogen-bond acceptors (Lipinski definition) is 5. The number of hydrogen-bond donors (Lipinski definition) is 0. The van der Waals surface area contributed by atoms with E-state index in [1.54, 1.807) is 17.2 Å². The van der Waals surface area contributed by atoms with Crippen molar-refractivity contribution in [2.24, 2.45) is 5.92 Å². The first-order valence-corrected chi connectivity index (χ1v) is 10.2. The van der Waals surface area contributed by atoms with Crippen LogP contribution in [0.25, 0.3) is 0 Å². The minimum absolute atomic E-state index is 0.00910. The Labute approximate surface area is 169 Å². The van der Waals surface area contributed by atoms with Gasteiger partial charge in [-0.1, -0.05) is 6.07 Å². The van der Waals surface area contributed by atoms with Gasteiger partial charge in [0.1, 0.15) is 19.0 Å². The Morgan fingerprint density at radius 1 is 1.14 bits per heavy atom. The van der Waals surface area contributed by atoms with Crippen LogP contribution >= 0.6 is 0 Å². The van der Waals surface area contributed by atoms with Crippen molar-refractivity contribution in [1.29, 1.82) is 0 Å². The zero-order valence-corrected chi connectivity index (χ0v) is 16.2. The molecule has 3 aliphatic heterocycles. The van der Waals surface area contributed by atoms with Gasteiger partial charge in [-0.2, -0.15) is 0 Å². The van der Waals surface area contributed by atoms with E-state index in [9.17, 15) is 9.59 Å². The van der Waals surface area contributed by atoms with Gasteiger partial charge in [0.2, 0.25) is 11.8 Å². The molecule has 2 saturated heterocycles. The smallest absolute Gasteiger partial charge is 0.228 e. The number of ether oxygens (including phenoxy) is 2. The normalized spacial score (nSPS) is 23.7. The first-order chi connectivity index (χ1) is 14.2. The Bertz CT molecular complexity index is 910. The predicted octanol–water partition coefficient (Wildman–Crippen LogP) is 2.76. The Hall–Kier alpha value is -2.96. The second-order valence-electron chi connectivity index (χ2n) is 7.85. The number of furan rings is 1. The largest absolute Gasteiger partial charge is 0.486 e. The van der Waals surface area contributed by atoms with E-state index in [1.165, 1.54) is 0 Å². The maximum atomic E-state index is 13.3. The molecule has 2 fully saturated rings. The lowest BCUT2D eigenvalue weighted by molar-refractivity contribution is -0.136. The van der Waals surface area contributed by atoms with Gasteiger partial charge in [-0.15, -0.1) is 0 Å². The van der Waals surface area contributed by atoms with Gasteiger partial charge in [0, 0.05) is 19.5 Å². The molecular weight excluding hydrogens is 372 g/mol. The van der Waals surface area contributed by atoms with Crippen molar-refractivity contribution in [2.75, 3.05) is 26.3 Å². The summed E-state index contributed by atoms with van der Waals surface area (Å²) in [5.74, 6) is 2.02. The van der Waals surface area contributed by atoms with Crippen molar-refractivity contribution in [2.45, 2.75) is 31.8 Å². The lowest BCUT2D eigenvalue weighted by atomic mass is 10.0. The molecule has 0 bridgehead atoms. The quantitative estimate of drug-likeness (QED) is 0.795. The summed E-state index contributed by atoms with van der Waals surface area (Å²) < 4.78 is 16.7. The molecular formula is C22H24N2O5. The molecule has 0 radical (unpaired) electrons. The molecule has 3 aliphatic rings. The fraction of sp³-hybridized carbons (Fsp3) is 0.455. The lowest BCUT2D eigenvalue weighted by Gasteiger charge is -2.28. The summed E-state index contributed by atoms with van der Waals surface area (Å²) in [6.07, 6.45) is 3.74. The number of likely N-dealkylation sites (tertiary alicyclic amines) is 2. The van der Waals surface area contributed by atoms with Crippen LogP contribution in [0.3, 0.4) is 0 Å². The summed E-state index contributed by atoms with van der Waals surface area (Å²) >= 11 is 0. The van der Waals surface area contributed by atoms with Crippen LogP contribution in [0.5, 0.6) is 11.5 Å². The van der Waals surface area contributed by atoms with Crippen molar-refractivity contribution in [3.8, 4) is 11.5 Å². The van der Waals surface area contributed by atoms with Crippen LogP contribution in [-0.2, 0) is 16.1 Å². The summed E-state index contributed by atoms with van der Waals surface area (Å²) in [4.78, 5) is 29.4. The molecule has 2 atom stereocenters. The van der Waals surface area contributed by atoms with Crippen molar-refractivity contribution in [3.05, 3.63) is 47.9 Å². The van der Waals surface area contributed by atoms with Crippen LogP contribution in [0.15, 0.2) is 41.0 Å². The van der Waals surface area contributed by atoms with Gasteiger partial charge in [-0.25, -0.2) is 0 Å². The SMILES string of the molecule is O=C1CC(C(=O)N2CCCC2c2ccc3c(c2)OCCO3)CN1Cc1ccco1. The van der Waals surface area contributed by atoms with Crippen LogP contribution in [0, 0.1) is 5.92 Å². The molecule has 2 amide bonds. The highest BCUT2D eigenvalue weighted by Crippen LogP contribution is 2.39. The highest BCUT2D eigenvalue weighted by Gasteiger charge is 2.40. The maximum Gasteiger partial charge on any atom is 0.228 e. The molecule has 0 N–H and O–H groups in total. The molecule has 1 aromatic heterocycles. The van der Waals surface area contributed by atoms with Gasteiger partial charge in [0.25, 0.3) is 0 Å². The topological polar surface area (TPSA) is 72.2 Å². The maximum absolute atomic E-state index is 13.3. The van der Waals surface area contributed by atoms with E-state index in [0.717, 1.165) is 42.2 Å². The summed E-state index contributed by atoms with van der Waals surface area (Å²) in [5, 5.41) is 0. The van der Waals surface area contributed by atoms with Gasteiger partial charge in [-0.05, 0) is 42.7 Å². The Kier molecular flexibility index (Phi) is 4.66. The first kappa shape index (κ1) is 18.1. The van der Waals surface area contributed by atoms with E-state index < -0.39 is 0 Å². The number of rotatable bonds is 4. The van der Waals surface area contributed by atoms with Crippen molar-refractivity contribution in [1.82, 2.24) is 9.80 Å². The minimum atomic E-state index is -0.296. The standard InChI is InChI=1S/C22H24N2O5/c25-21-12-16(13-23(21)14-17-3-2-8-27-17)22(26)24-7-1-4-18(24)15-5-6-19-20(11-15)29-10-9-28-19/h2-3,5-6,8,11,16,18H,1,4,7,9-10,12-14H2. The van der Waals surface area contributed by atoms with Gasteiger partial charge in [0.05, 0.1) is 24.8 Å². The Balaban J connectivity index is 1.30. The van der Waals surface area contributed by atoms with E-state index in [0.29, 0.717) is 26.3 Å². The average molecular weight is 396 g/mol. The summed E-state index contributed by atoms with van der Waals surface area (Å²) in [5.41, 5.74) is 1.07. The zero-order valence-electron chi connectivity index (χ0n) is 16.2. The van der Waals surface area contributed by atoms with Crippen LogP contribution in [-0.4, -0.2) is 47.9 Å². The Morgan fingerprint density at radius 2 is 2.00 bits per heavy atom. The predicted molar refractivity (Wildman–Crippen MR) is 103 cm³/mol. The number of carbonyl (C=O) groups is 2. The van der Waals surface area contributed by atoms with E-state index >= 15 is 0 Å². The summed E-state index contributed by atoms with van der Waals surface area (Å²) in [6, 6.07) is 9.62. The van der Waals surface area contributed by atoms with E-state index in [4.69, 9.17) is 13.9 Å². The van der Waals surface area contributed by atoms with Crippen LogP contribution in [0.1, 0.15) is 36.6 Å². The molecule has 1 aromatic carbocycles. The zero-order chi connectivity index (χ0) is 19.8. The highest BCUT2D eigenvalue weighted by molar-refractivity contribution is 5.89. The molecule has 7 nitrogen and oxygen atoms in total. The van der Waals surface area contributed by atoms with Gasteiger partial charge in [0.15, 0.2) is 11.5 Å². The molecule has 5 rings (SSSR count).